The van der Waals surface area contributed by atoms with Crippen molar-refractivity contribution in [1.82, 2.24) is 0 Å². The number of carbonyl (C=O) groups is 3. The summed E-state index contributed by atoms with van der Waals surface area (Å²) in [7, 11) is 3.15. The van der Waals surface area contributed by atoms with E-state index in [1.807, 2.05) is 84.9 Å². The highest BCUT2D eigenvalue weighted by Gasteiger charge is 2.13. The maximum absolute atomic E-state index is 13.3. The number of carbonyl (C=O) groups excluding carboxylic acids is 3. The van der Waals surface area contributed by atoms with Gasteiger partial charge in [-0.2, -0.15) is 0 Å². The van der Waals surface area contributed by atoms with Crippen LogP contribution in [0.4, 0.5) is 0 Å². The predicted molar refractivity (Wildman–Crippen MR) is 192 cm³/mol. The Kier molecular flexibility index (Phi) is 13.4. The van der Waals surface area contributed by atoms with Gasteiger partial charge in [0.15, 0.2) is 28.8 Å². The van der Waals surface area contributed by atoms with Gasteiger partial charge in [-0.25, -0.2) is 9.59 Å². The van der Waals surface area contributed by atoms with Crippen LogP contribution in [0.2, 0.25) is 0 Å². The van der Waals surface area contributed by atoms with Crippen LogP contribution in [0.1, 0.15) is 42.6 Å². The van der Waals surface area contributed by atoms with Crippen LogP contribution in [0.25, 0.3) is 22.3 Å². The van der Waals surface area contributed by atoms with E-state index in [2.05, 4.69) is 13.2 Å². The van der Waals surface area contributed by atoms with E-state index in [0.717, 1.165) is 22.3 Å². The molecular formula is C41H42O9. The fourth-order valence-electron chi connectivity index (χ4n) is 4.79. The van der Waals surface area contributed by atoms with Crippen LogP contribution in [0.5, 0.6) is 23.0 Å². The lowest BCUT2D eigenvalue weighted by Gasteiger charge is -2.13. The van der Waals surface area contributed by atoms with Gasteiger partial charge in [0, 0.05) is 35.1 Å². The Hall–Kier alpha value is -5.83. The lowest BCUT2D eigenvalue weighted by atomic mass is 9.97. The van der Waals surface area contributed by atoms with Crippen molar-refractivity contribution in [2.45, 2.75) is 26.7 Å². The third-order valence-electron chi connectivity index (χ3n) is 7.54. The van der Waals surface area contributed by atoms with Gasteiger partial charge in [-0.1, -0.05) is 73.8 Å². The van der Waals surface area contributed by atoms with Crippen molar-refractivity contribution < 1.29 is 42.8 Å². The highest BCUT2D eigenvalue weighted by atomic mass is 16.5. The van der Waals surface area contributed by atoms with Crippen molar-refractivity contribution in [3.63, 3.8) is 0 Å². The highest BCUT2D eigenvalue weighted by molar-refractivity contribution is 6.09. The summed E-state index contributed by atoms with van der Waals surface area (Å²) in [5.41, 5.74) is 5.50. The minimum Gasteiger partial charge on any atom is -0.493 e. The van der Waals surface area contributed by atoms with Gasteiger partial charge in [0.25, 0.3) is 0 Å². The van der Waals surface area contributed by atoms with E-state index in [1.54, 1.807) is 28.1 Å². The first-order valence-electron chi connectivity index (χ1n) is 16.1. The maximum Gasteiger partial charge on any atom is 0.333 e. The zero-order valence-corrected chi connectivity index (χ0v) is 28.9. The van der Waals surface area contributed by atoms with E-state index in [0.29, 0.717) is 71.3 Å². The monoisotopic (exact) mass is 678 g/mol. The van der Waals surface area contributed by atoms with E-state index >= 15 is 0 Å². The molecule has 0 N–H and O–H groups in total. The minimum atomic E-state index is -0.417. The van der Waals surface area contributed by atoms with Crippen LogP contribution >= 0.6 is 0 Å². The van der Waals surface area contributed by atoms with Crippen molar-refractivity contribution in [1.29, 1.82) is 0 Å². The van der Waals surface area contributed by atoms with Gasteiger partial charge in [0.1, 0.15) is 0 Å². The number of ether oxygens (including phenoxy) is 6. The van der Waals surface area contributed by atoms with E-state index in [-0.39, 0.29) is 19.0 Å². The zero-order valence-electron chi connectivity index (χ0n) is 28.9. The summed E-state index contributed by atoms with van der Waals surface area (Å²) in [6.45, 7) is 11.5. The van der Waals surface area contributed by atoms with Crippen LogP contribution in [-0.2, 0) is 19.1 Å². The second-order valence-corrected chi connectivity index (χ2v) is 11.5. The van der Waals surface area contributed by atoms with Crippen LogP contribution < -0.4 is 18.9 Å². The molecule has 0 aromatic heterocycles. The van der Waals surface area contributed by atoms with Crippen molar-refractivity contribution in [2.75, 3.05) is 40.6 Å². The fraction of sp³-hybridized carbons (Fsp3) is 0.244. The molecule has 0 radical (unpaired) electrons. The van der Waals surface area contributed by atoms with Gasteiger partial charge in [0.2, 0.25) is 0 Å². The molecule has 4 rings (SSSR count). The molecule has 0 saturated carbocycles. The van der Waals surface area contributed by atoms with Crippen molar-refractivity contribution >= 4 is 17.7 Å². The third-order valence-corrected chi connectivity index (χ3v) is 7.54. The molecule has 0 amide bonds. The lowest BCUT2D eigenvalue weighted by molar-refractivity contribution is -0.140. The van der Waals surface area contributed by atoms with Gasteiger partial charge < -0.3 is 28.4 Å². The minimum absolute atomic E-state index is 0.0892. The Labute approximate surface area is 293 Å². The van der Waals surface area contributed by atoms with E-state index in [9.17, 15) is 14.4 Å². The van der Waals surface area contributed by atoms with E-state index in [4.69, 9.17) is 28.4 Å². The molecule has 9 nitrogen and oxygen atoms in total. The molecule has 0 spiro atoms. The molecule has 50 heavy (non-hydrogen) atoms. The summed E-state index contributed by atoms with van der Waals surface area (Å²) in [6.07, 6.45) is 1.05. The molecule has 0 aliphatic rings. The number of hydrogen-bond donors (Lipinski definition) is 0. The highest BCUT2D eigenvalue weighted by Crippen LogP contribution is 2.34. The SMILES string of the molecule is C=C(C)C(=O)OCCCOc1ccc(-c2ccc(C(=O)c3ccc(-c4ccc(OCCCOC(=O)C(=C)C)c(OC)c4)cc3)cc2)cc1OC. The fourth-order valence-corrected chi connectivity index (χ4v) is 4.79. The zero-order chi connectivity index (χ0) is 36.0. The van der Waals surface area contributed by atoms with Crippen molar-refractivity contribution in [3.8, 4) is 45.3 Å². The molecule has 0 aliphatic heterocycles. The molecule has 0 fully saturated rings. The van der Waals surface area contributed by atoms with E-state index < -0.39 is 11.9 Å². The topological polar surface area (TPSA) is 107 Å². The van der Waals surface area contributed by atoms with Crippen LogP contribution in [0, 0.1) is 0 Å². The van der Waals surface area contributed by atoms with Gasteiger partial charge in [-0.3, -0.25) is 4.79 Å². The number of esters is 2. The molecular weight excluding hydrogens is 636 g/mol. The number of hydrogen-bond acceptors (Lipinski definition) is 9. The first kappa shape index (κ1) is 37.0. The molecule has 0 unspecified atom stereocenters. The predicted octanol–water partition coefficient (Wildman–Crippen LogP) is 8.05. The molecule has 4 aromatic rings. The molecule has 0 aliphatic carbocycles. The molecule has 260 valence electrons. The van der Waals surface area contributed by atoms with Gasteiger partial charge in [-0.05, 0) is 60.4 Å². The number of benzene rings is 4. The average molecular weight is 679 g/mol. The first-order chi connectivity index (χ1) is 24.1. The third kappa shape index (κ3) is 10.1. The molecule has 4 aromatic carbocycles. The molecule has 0 heterocycles. The summed E-state index contributed by atoms with van der Waals surface area (Å²) in [6, 6.07) is 26.1. The van der Waals surface area contributed by atoms with Crippen LogP contribution in [-0.4, -0.2) is 58.4 Å². The molecule has 0 saturated heterocycles. The smallest absolute Gasteiger partial charge is 0.333 e. The first-order valence-corrected chi connectivity index (χ1v) is 16.1. The maximum atomic E-state index is 13.3. The Balaban J connectivity index is 1.34. The Bertz CT molecular complexity index is 1690. The number of ketones is 1. The average Bonchev–Trinajstić information content (AvgIpc) is 3.14. The Morgan fingerprint density at radius 1 is 0.500 bits per heavy atom. The van der Waals surface area contributed by atoms with Crippen LogP contribution in [0.3, 0.4) is 0 Å². The van der Waals surface area contributed by atoms with Gasteiger partial charge in [0.05, 0.1) is 40.6 Å². The van der Waals surface area contributed by atoms with Crippen molar-refractivity contribution in [3.05, 3.63) is 120 Å². The summed E-state index contributed by atoms with van der Waals surface area (Å²) >= 11 is 0. The lowest BCUT2D eigenvalue weighted by Crippen LogP contribution is -2.09. The number of rotatable bonds is 18. The Morgan fingerprint density at radius 3 is 1.20 bits per heavy atom. The second kappa shape index (κ2) is 18.1. The number of methoxy groups -OCH3 is 2. The van der Waals surface area contributed by atoms with Gasteiger partial charge in [-0.15, -0.1) is 0 Å². The summed E-state index contributed by atoms with van der Waals surface area (Å²) in [5.74, 6) is 1.38. The molecule has 0 bridgehead atoms. The van der Waals surface area contributed by atoms with Gasteiger partial charge >= 0.3 is 11.9 Å². The van der Waals surface area contributed by atoms with E-state index in [1.165, 1.54) is 0 Å². The standard InChI is InChI=1S/C41H42O9/c1-27(2)40(43)49-23-7-21-47-35-19-17-33(25-37(35)45-5)29-9-13-31(14-10-29)39(42)32-15-11-30(12-16-32)34-18-20-36(38(26-34)46-6)48-22-8-24-50-41(44)28(3)4/h9-20,25-26H,1,3,7-8,21-24H2,2,4-6H3. The quantitative estimate of drug-likeness (QED) is 0.0447. The summed E-state index contributed by atoms with van der Waals surface area (Å²) < 4.78 is 33.0. The largest absolute Gasteiger partial charge is 0.493 e. The summed E-state index contributed by atoms with van der Waals surface area (Å²) in [4.78, 5) is 36.3. The summed E-state index contributed by atoms with van der Waals surface area (Å²) in [5, 5.41) is 0. The second-order valence-electron chi connectivity index (χ2n) is 11.5. The molecule has 9 heteroatoms. The molecule has 0 atom stereocenters. The Morgan fingerprint density at radius 2 is 0.860 bits per heavy atom. The van der Waals surface area contributed by atoms with Crippen LogP contribution in [0.15, 0.2) is 109 Å². The normalized spacial score (nSPS) is 10.5. The van der Waals surface area contributed by atoms with Crippen molar-refractivity contribution in [2.24, 2.45) is 0 Å².